The molecule has 1 aromatic rings. The zero-order chi connectivity index (χ0) is 13.9. The average molecular weight is 274 g/mol. The topological polar surface area (TPSA) is 41.1 Å². The van der Waals surface area contributed by atoms with Crippen molar-refractivity contribution in [3.05, 3.63) is 11.9 Å². The number of nitrogens with one attached hydrogen (secondary N) is 1. The van der Waals surface area contributed by atoms with Crippen LogP contribution >= 0.6 is 0 Å². The Hall–Kier alpha value is -1.32. The van der Waals surface area contributed by atoms with Gasteiger partial charge in [-0.25, -0.2) is 9.97 Å². The Morgan fingerprint density at radius 3 is 2.95 bits per heavy atom. The number of aromatic nitrogens is 2. The quantitative estimate of drug-likeness (QED) is 0.914. The van der Waals surface area contributed by atoms with E-state index in [-0.39, 0.29) is 0 Å². The molecule has 1 saturated heterocycles. The van der Waals surface area contributed by atoms with E-state index in [9.17, 15) is 0 Å². The van der Waals surface area contributed by atoms with Gasteiger partial charge in [-0.15, -0.1) is 0 Å². The molecular weight excluding hydrogens is 248 g/mol. The van der Waals surface area contributed by atoms with Gasteiger partial charge in [0.2, 0.25) is 0 Å². The van der Waals surface area contributed by atoms with Crippen molar-refractivity contribution in [1.82, 2.24) is 9.97 Å². The van der Waals surface area contributed by atoms with Gasteiger partial charge in [-0.3, -0.25) is 0 Å². The maximum Gasteiger partial charge on any atom is 0.137 e. The highest BCUT2D eigenvalue weighted by Crippen LogP contribution is 2.39. The lowest BCUT2D eigenvalue weighted by atomic mass is 9.85. The minimum atomic E-state index is 0.719. The lowest BCUT2D eigenvalue weighted by molar-refractivity contribution is 0.341. The molecule has 1 aromatic heterocycles. The van der Waals surface area contributed by atoms with E-state index in [4.69, 9.17) is 0 Å². The monoisotopic (exact) mass is 274 g/mol. The van der Waals surface area contributed by atoms with E-state index < -0.39 is 0 Å². The fraction of sp³-hybridized carbons (Fsp3) is 0.750. The third-order valence-electron chi connectivity index (χ3n) is 4.88. The molecule has 20 heavy (non-hydrogen) atoms. The van der Waals surface area contributed by atoms with Crippen LogP contribution in [0.5, 0.6) is 0 Å². The zero-order valence-electron chi connectivity index (χ0n) is 12.7. The summed E-state index contributed by atoms with van der Waals surface area (Å²) in [4.78, 5) is 11.6. The van der Waals surface area contributed by atoms with Crippen LogP contribution in [0.15, 0.2) is 6.33 Å². The Morgan fingerprint density at radius 2 is 2.10 bits per heavy atom. The predicted molar refractivity (Wildman–Crippen MR) is 83.3 cm³/mol. The summed E-state index contributed by atoms with van der Waals surface area (Å²) < 4.78 is 0. The number of rotatable bonds is 4. The lowest BCUT2D eigenvalue weighted by Crippen LogP contribution is -2.35. The van der Waals surface area contributed by atoms with Gasteiger partial charge in [-0.2, -0.15) is 0 Å². The molecule has 1 aliphatic heterocycles. The molecule has 3 rings (SSSR count). The molecule has 1 aliphatic carbocycles. The summed E-state index contributed by atoms with van der Waals surface area (Å²) in [6, 6.07) is 0.719. The fourth-order valence-electron chi connectivity index (χ4n) is 3.82. The van der Waals surface area contributed by atoms with Gasteiger partial charge < -0.3 is 10.2 Å². The number of fused-ring (bicyclic) bond motifs is 1. The Labute approximate surface area is 122 Å². The van der Waals surface area contributed by atoms with Crippen LogP contribution in [0.25, 0.3) is 0 Å². The molecule has 1 saturated carbocycles. The summed E-state index contributed by atoms with van der Waals surface area (Å²) >= 11 is 0. The van der Waals surface area contributed by atoms with Crippen molar-refractivity contribution < 1.29 is 0 Å². The second-order valence-electron chi connectivity index (χ2n) is 6.19. The van der Waals surface area contributed by atoms with E-state index in [1.165, 1.54) is 44.2 Å². The van der Waals surface area contributed by atoms with Crippen LogP contribution in [0.1, 0.15) is 51.0 Å². The summed E-state index contributed by atoms with van der Waals surface area (Å²) in [6.07, 6.45) is 9.72. The van der Waals surface area contributed by atoms with Crippen LogP contribution in [0.3, 0.4) is 0 Å². The number of hydrogen-bond donors (Lipinski definition) is 1. The maximum atomic E-state index is 4.59. The molecule has 0 bridgehead atoms. The minimum Gasteiger partial charge on any atom is -0.370 e. The summed E-state index contributed by atoms with van der Waals surface area (Å²) in [5.74, 6) is 3.06. The van der Waals surface area contributed by atoms with Crippen molar-refractivity contribution in [2.75, 3.05) is 23.3 Å². The van der Waals surface area contributed by atoms with E-state index in [0.29, 0.717) is 0 Å². The molecule has 110 valence electrons. The molecular formula is C16H26N4. The molecule has 2 atom stereocenters. The normalized spacial score (nSPS) is 25.6. The van der Waals surface area contributed by atoms with Gasteiger partial charge in [0.1, 0.15) is 18.0 Å². The second kappa shape index (κ2) is 5.98. The van der Waals surface area contributed by atoms with Gasteiger partial charge in [-0.1, -0.05) is 19.8 Å². The third-order valence-corrected chi connectivity index (χ3v) is 4.88. The summed E-state index contributed by atoms with van der Waals surface area (Å²) in [7, 11) is 0. The summed E-state index contributed by atoms with van der Waals surface area (Å²) in [5, 5.41) is 3.42. The molecule has 2 heterocycles. The smallest absolute Gasteiger partial charge is 0.137 e. The van der Waals surface area contributed by atoms with Crippen molar-refractivity contribution >= 4 is 11.6 Å². The third kappa shape index (κ3) is 2.48. The SMILES string of the molecule is CCCNc1ncnc(N2CCC3CCCCC32)c1C. The second-order valence-corrected chi connectivity index (χ2v) is 6.19. The molecule has 0 aromatic carbocycles. The maximum absolute atomic E-state index is 4.59. The van der Waals surface area contributed by atoms with Crippen molar-refractivity contribution in [2.45, 2.75) is 58.4 Å². The van der Waals surface area contributed by atoms with Crippen molar-refractivity contribution in [3.8, 4) is 0 Å². The number of nitrogens with zero attached hydrogens (tertiary/aromatic N) is 3. The molecule has 0 amide bonds. The van der Waals surface area contributed by atoms with Gasteiger partial charge >= 0.3 is 0 Å². The highest BCUT2D eigenvalue weighted by atomic mass is 15.2. The van der Waals surface area contributed by atoms with E-state index >= 15 is 0 Å². The van der Waals surface area contributed by atoms with Gasteiger partial charge in [-0.05, 0) is 38.5 Å². The first-order chi connectivity index (χ1) is 9.81. The number of anilines is 2. The van der Waals surface area contributed by atoms with E-state index in [2.05, 4.69) is 34.0 Å². The zero-order valence-corrected chi connectivity index (χ0v) is 12.7. The molecule has 4 heteroatoms. The Kier molecular flexibility index (Phi) is 4.08. The van der Waals surface area contributed by atoms with E-state index in [1.807, 2.05) is 0 Å². The summed E-state index contributed by atoms with van der Waals surface area (Å²) in [5.41, 5.74) is 1.21. The minimum absolute atomic E-state index is 0.719. The molecule has 0 radical (unpaired) electrons. The van der Waals surface area contributed by atoms with Crippen LogP contribution in [0.2, 0.25) is 0 Å². The fourth-order valence-corrected chi connectivity index (χ4v) is 3.82. The molecule has 2 aliphatic rings. The van der Waals surface area contributed by atoms with Crippen LogP contribution in [-0.2, 0) is 0 Å². The first kappa shape index (κ1) is 13.7. The molecule has 4 nitrogen and oxygen atoms in total. The van der Waals surface area contributed by atoms with Crippen molar-refractivity contribution in [2.24, 2.45) is 5.92 Å². The Bertz CT molecular complexity index is 460. The lowest BCUT2D eigenvalue weighted by Gasteiger charge is -2.33. The Morgan fingerprint density at radius 1 is 1.25 bits per heavy atom. The predicted octanol–water partition coefficient (Wildman–Crippen LogP) is 3.38. The van der Waals surface area contributed by atoms with Gasteiger partial charge in [0.15, 0.2) is 0 Å². The van der Waals surface area contributed by atoms with Crippen molar-refractivity contribution in [3.63, 3.8) is 0 Å². The molecule has 2 unspecified atom stereocenters. The Balaban J connectivity index is 1.82. The van der Waals surface area contributed by atoms with Gasteiger partial charge in [0.05, 0.1) is 0 Å². The molecule has 1 N–H and O–H groups in total. The molecule has 2 fully saturated rings. The first-order valence-corrected chi connectivity index (χ1v) is 8.13. The van der Waals surface area contributed by atoms with Gasteiger partial charge in [0.25, 0.3) is 0 Å². The van der Waals surface area contributed by atoms with E-state index in [0.717, 1.165) is 36.6 Å². The highest BCUT2D eigenvalue weighted by molar-refractivity contribution is 5.59. The average Bonchev–Trinajstić information content (AvgIpc) is 2.90. The van der Waals surface area contributed by atoms with Crippen LogP contribution in [-0.4, -0.2) is 29.1 Å². The van der Waals surface area contributed by atoms with Gasteiger partial charge in [0, 0.05) is 24.7 Å². The van der Waals surface area contributed by atoms with Crippen LogP contribution in [0, 0.1) is 12.8 Å². The van der Waals surface area contributed by atoms with E-state index in [1.54, 1.807) is 6.33 Å². The van der Waals surface area contributed by atoms with Crippen LogP contribution in [0.4, 0.5) is 11.6 Å². The first-order valence-electron chi connectivity index (χ1n) is 8.13. The number of hydrogen-bond acceptors (Lipinski definition) is 4. The van der Waals surface area contributed by atoms with Crippen LogP contribution < -0.4 is 10.2 Å². The highest BCUT2D eigenvalue weighted by Gasteiger charge is 2.37. The van der Waals surface area contributed by atoms with Crippen molar-refractivity contribution in [1.29, 1.82) is 0 Å². The standard InChI is InChI=1S/C16H26N4/c1-3-9-17-15-12(2)16(19-11-18-15)20-10-8-13-6-4-5-7-14(13)20/h11,13-14H,3-10H2,1-2H3,(H,17,18,19). The summed E-state index contributed by atoms with van der Waals surface area (Å²) in [6.45, 7) is 6.48. The largest absolute Gasteiger partial charge is 0.370 e. The molecule has 0 spiro atoms.